The van der Waals surface area contributed by atoms with Gasteiger partial charge in [-0.15, -0.1) is 0 Å². The minimum absolute atomic E-state index is 0. The molecule has 0 aliphatic rings. The molecule has 0 saturated heterocycles. The summed E-state index contributed by atoms with van der Waals surface area (Å²) in [6.45, 7) is 0. The first-order valence-electron chi connectivity index (χ1n) is 0.309. The molecule has 0 aromatic heterocycles. The van der Waals surface area contributed by atoms with Gasteiger partial charge in [0.25, 0.3) is 0 Å². The maximum atomic E-state index is 9.12. The van der Waals surface area contributed by atoms with Gasteiger partial charge in [-0.3, -0.25) is 0 Å². The summed E-state index contributed by atoms with van der Waals surface area (Å²) in [5.41, 5.74) is 0. The van der Waals surface area contributed by atoms with Crippen LogP contribution in [-0.4, -0.2) is 17.4 Å². The average molecular weight is 180 g/mol. The van der Waals surface area contributed by atoms with Gasteiger partial charge in [0.15, 0.2) is 17.4 Å². The third-order valence-electron chi connectivity index (χ3n) is 0. The normalized spacial score (nSPS) is 3.60. The maximum absolute atomic E-state index is 9.12. The van der Waals surface area contributed by atoms with Crippen LogP contribution < -0.4 is 0 Å². The predicted molar refractivity (Wildman–Crippen MR) is 13.2 cm³/mol. The molecule has 0 aliphatic heterocycles. The van der Waals surface area contributed by atoms with Gasteiger partial charge in [-0.05, 0) is 9.05 Å². The van der Waals surface area contributed by atoms with E-state index in [1.54, 1.807) is 0 Å². The van der Waals surface area contributed by atoms with E-state index in [1.807, 2.05) is 0 Å². The van der Waals surface area contributed by atoms with E-state index < -0.39 is 0 Å². The van der Waals surface area contributed by atoms with Gasteiger partial charge in [0.1, 0.15) is 0 Å². The van der Waals surface area contributed by atoms with E-state index in [2.05, 4.69) is 0 Å². The molecular weight excluding hydrogens is 177 g/mol. The summed E-state index contributed by atoms with van der Waals surface area (Å²) < 4.78 is 18.2. The maximum Gasteiger partial charge on any atom is 0.187 e. The van der Waals surface area contributed by atoms with E-state index in [-0.39, 0.29) is 38.4 Å². The predicted octanol–water partition coefficient (Wildman–Crippen LogP) is -0.414. The average Bonchev–Trinajstić information content (AvgIpc) is 0.918. The molecule has 1 nitrogen and oxygen atoms in total. The van der Waals surface area contributed by atoms with E-state index >= 15 is 0 Å². The van der Waals surface area contributed by atoms with Crippen LogP contribution in [0, 0.1) is 0 Å². The van der Waals surface area contributed by atoms with Gasteiger partial charge in [-0.25, -0.2) is 0 Å². The number of hydrogen-bond acceptors (Lipinski definition) is 1. The first-order valence-corrected chi connectivity index (χ1v) is 0.309. The Morgan fingerprint density at radius 2 is 1.20 bits per heavy atom. The monoisotopic (exact) mass is 182 g/mol. The first kappa shape index (κ1) is 16.6. The summed E-state index contributed by atoms with van der Waals surface area (Å²) in [5.74, 6) is 0. The van der Waals surface area contributed by atoms with Gasteiger partial charge >= 0.3 is 0 Å². The molecular formula is H3AlF2MoO. The number of rotatable bonds is 0. The summed E-state index contributed by atoms with van der Waals surface area (Å²) >= 11 is 0. The minimum atomic E-state index is 0. The Morgan fingerprint density at radius 3 is 1.20 bits per heavy atom. The van der Waals surface area contributed by atoms with Crippen LogP contribution in [0.3, 0.4) is 0 Å². The van der Waals surface area contributed by atoms with E-state index in [1.165, 1.54) is 5.15 Å². The largest absolute Gasteiger partial charge is 0.187 e. The molecule has 0 heterocycles. The van der Waals surface area contributed by atoms with Gasteiger partial charge in [-0.1, -0.05) is 0 Å². The van der Waals surface area contributed by atoms with Crippen molar-refractivity contribution in [2.45, 2.75) is 0 Å². The topological polar surface area (TPSA) is 9.23 Å². The molecule has 0 radical (unpaired) electrons. The summed E-state index contributed by atoms with van der Waals surface area (Å²) in [6, 6.07) is 0. The second-order valence-electron chi connectivity index (χ2n) is 0.0583. The summed E-state index contributed by atoms with van der Waals surface area (Å²) in [7, 11) is 0. The molecule has 5 heteroatoms. The van der Waals surface area contributed by atoms with E-state index in [9.17, 15) is 0 Å². The third kappa shape index (κ3) is 43.0. The molecule has 0 saturated carbocycles. The Labute approximate surface area is 52.9 Å². The summed E-state index contributed by atoms with van der Waals surface area (Å²) in [6.07, 6.45) is 0. The van der Waals surface area contributed by atoms with Crippen LogP contribution in [0.1, 0.15) is 0 Å². The van der Waals surface area contributed by atoms with Crippen molar-refractivity contribution in [1.29, 1.82) is 0 Å². The Kier molecular flexibility index (Phi) is 65.6. The molecule has 0 aliphatic carbocycles. The van der Waals surface area contributed by atoms with Crippen LogP contribution in [0.15, 0.2) is 0 Å². The standard InChI is InChI=1S/Al.F2O.Mo.3H/c;1-3-2;;;;. The minimum Gasteiger partial charge on any atom is -0.0104 e. The van der Waals surface area contributed by atoms with E-state index in [0.29, 0.717) is 0 Å². The molecule has 0 atom stereocenters. The van der Waals surface area contributed by atoms with Crippen molar-refractivity contribution < 1.29 is 35.3 Å². The second-order valence-corrected chi connectivity index (χ2v) is 0.0583. The zero-order chi connectivity index (χ0) is 2.71. The second kappa shape index (κ2) is 19.8. The first-order chi connectivity index (χ1) is 1.41. The van der Waals surface area contributed by atoms with E-state index in [0.717, 1.165) is 0 Å². The van der Waals surface area contributed by atoms with Crippen LogP contribution in [0.2, 0.25) is 0 Å². The van der Waals surface area contributed by atoms with E-state index in [4.69, 9.17) is 9.05 Å². The fraction of sp³-hybridized carbons (Fsp3) is 0. The Bertz CT molecular complexity index is 9.61. The fourth-order valence-electron chi connectivity index (χ4n) is 0. The van der Waals surface area contributed by atoms with Crippen LogP contribution in [-0.2, 0) is 26.2 Å². The molecule has 0 bridgehead atoms. The molecule has 0 aromatic carbocycles. The Balaban J connectivity index is -0.0000000200. The van der Waals surface area contributed by atoms with Crippen molar-refractivity contribution in [3.05, 3.63) is 0 Å². The van der Waals surface area contributed by atoms with Gasteiger partial charge in [0.05, 0.1) is 0 Å². The van der Waals surface area contributed by atoms with Crippen molar-refractivity contribution in [3.8, 4) is 0 Å². The van der Waals surface area contributed by atoms with Crippen molar-refractivity contribution in [2.24, 2.45) is 0 Å². The Hall–Kier alpha value is 1.04. The van der Waals surface area contributed by atoms with Gasteiger partial charge < -0.3 is 0 Å². The molecule has 5 heavy (non-hydrogen) atoms. The molecule has 32 valence electrons. The zero-order valence-electron chi connectivity index (χ0n) is 1.57. The van der Waals surface area contributed by atoms with Crippen molar-refractivity contribution in [1.82, 2.24) is 0 Å². The molecule has 0 amide bonds. The van der Waals surface area contributed by atoms with Crippen LogP contribution >= 0.6 is 0 Å². The number of hydrogen-bond donors (Lipinski definition) is 0. The zero-order valence-corrected chi connectivity index (χ0v) is 3.58. The molecule has 0 aromatic rings. The molecule has 0 N–H and O–H groups in total. The molecule has 0 fully saturated rings. The Morgan fingerprint density at radius 1 is 1.20 bits per heavy atom. The SMILES string of the molecule is FOF.[AlH3].[Mo]. The third-order valence-corrected chi connectivity index (χ3v) is 0. The molecule has 0 rings (SSSR count). The van der Waals surface area contributed by atoms with Gasteiger partial charge in [0.2, 0.25) is 0 Å². The van der Waals surface area contributed by atoms with Gasteiger partial charge in [-0.2, -0.15) is 0 Å². The van der Waals surface area contributed by atoms with Crippen molar-refractivity contribution in [3.63, 3.8) is 0 Å². The quantitative estimate of drug-likeness (QED) is 0.460. The summed E-state index contributed by atoms with van der Waals surface area (Å²) in [4.78, 5) is 0. The van der Waals surface area contributed by atoms with Crippen LogP contribution in [0.25, 0.3) is 0 Å². The van der Waals surface area contributed by atoms with Crippen molar-refractivity contribution >= 4 is 17.4 Å². The molecule has 0 unspecified atom stereocenters. The van der Waals surface area contributed by atoms with Crippen molar-refractivity contribution in [2.75, 3.05) is 0 Å². The van der Waals surface area contributed by atoms with Crippen LogP contribution in [0.5, 0.6) is 0 Å². The fourth-order valence-corrected chi connectivity index (χ4v) is 0. The smallest absolute Gasteiger partial charge is 0.0104 e. The molecule has 0 spiro atoms. The van der Waals surface area contributed by atoms with Crippen LogP contribution in [0.4, 0.5) is 9.05 Å². The van der Waals surface area contributed by atoms with Gasteiger partial charge in [0, 0.05) is 26.2 Å². The summed E-state index contributed by atoms with van der Waals surface area (Å²) in [5, 5.41) is 1.25. The number of halogens is 2.